The molecule has 1 amide bonds. The Hall–Kier alpha value is -4.15. The molecule has 3 aromatic rings. The molecule has 4 fully saturated rings. The summed E-state index contributed by atoms with van der Waals surface area (Å²) in [6.07, 6.45) is 7.95. The van der Waals surface area contributed by atoms with Crippen molar-refractivity contribution in [1.29, 1.82) is 0 Å². The number of aliphatic hydroxyl groups is 2. The van der Waals surface area contributed by atoms with Gasteiger partial charge in [0.1, 0.15) is 0 Å². The van der Waals surface area contributed by atoms with Gasteiger partial charge < -0.3 is 26.2 Å². The maximum absolute atomic E-state index is 14.2. The third-order valence-corrected chi connectivity index (χ3v) is 15.3. The number of amides is 1. The standard InChI is InChI=1S/C43H59N7O7S/c1-29(2)34-6-4-5-7-35(34)38-28-47(20-21-51)18-19-49(38)32-24-43(25-32)14-16-48(17-15-43)31-8-9-36(40(44)52)39(22-31)58(56,57)33-23-37(50(54)55)41(46-27-33)45-26-30-10-12-42(3,53)13-11-30/h4-9,22-23,27,29-30,32,38,51,53H,10-21,24-26,28H2,1-3H3,(H2,44,52)(H,45,46)/t30?,38-,42?/m0/s1. The van der Waals surface area contributed by atoms with Gasteiger partial charge in [-0.15, -0.1) is 0 Å². The van der Waals surface area contributed by atoms with Crippen LogP contribution in [0, 0.1) is 21.4 Å². The van der Waals surface area contributed by atoms with E-state index in [-0.39, 0.29) is 40.3 Å². The molecule has 5 N–H and O–H groups in total. The molecule has 0 unspecified atom stereocenters. The van der Waals surface area contributed by atoms with Crippen LogP contribution in [0.2, 0.25) is 0 Å². The number of aromatic nitrogens is 1. The zero-order valence-electron chi connectivity index (χ0n) is 34.0. The Morgan fingerprint density at radius 3 is 2.41 bits per heavy atom. The highest BCUT2D eigenvalue weighted by molar-refractivity contribution is 7.91. The second kappa shape index (κ2) is 16.8. The number of nitrogens with one attached hydrogen (secondary N) is 1. The van der Waals surface area contributed by atoms with Crippen molar-refractivity contribution < 1.29 is 28.3 Å². The number of aliphatic hydroxyl groups excluding tert-OH is 1. The fraction of sp³-hybridized carbons (Fsp3) is 0.581. The van der Waals surface area contributed by atoms with Gasteiger partial charge in [-0.3, -0.25) is 24.7 Å². The molecule has 0 bridgehead atoms. The minimum Gasteiger partial charge on any atom is -0.395 e. The summed E-state index contributed by atoms with van der Waals surface area (Å²) in [5.41, 5.74) is 7.91. The van der Waals surface area contributed by atoms with E-state index in [1.54, 1.807) is 13.0 Å². The van der Waals surface area contributed by atoms with Crippen LogP contribution < -0.4 is 16.0 Å². The van der Waals surface area contributed by atoms with Gasteiger partial charge in [0, 0.05) is 75.8 Å². The average molecular weight is 818 g/mol. The number of piperidine rings is 1. The highest BCUT2D eigenvalue weighted by Gasteiger charge is 2.50. The van der Waals surface area contributed by atoms with Crippen LogP contribution in [0.1, 0.15) is 106 Å². The molecule has 1 aromatic heterocycles. The van der Waals surface area contributed by atoms with Gasteiger partial charge in [0.2, 0.25) is 21.6 Å². The molecule has 1 spiro atoms. The van der Waals surface area contributed by atoms with Crippen molar-refractivity contribution in [3.8, 4) is 0 Å². The lowest BCUT2D eigenvalue weighted by atomic mass is 9.59. The number of nitrogens with zero attached hydrogens (tertiary/aromatic N) is 5. The second-order valence-electron chi connectivity index (χ2n) is 17.8. The first-order valence-corrected chi connectivity index (χ1v) is 22.3. The van der Waals surface area contributed by atoms with Crippen LogP contribution in [0.15, 0.2) is 64.5 Å². The van der Waals surface area contributed by atoms with E-state index in [0.717, 1.165) is 83.5 Å². The van der Waals surface area contributed by atoms with Crippen molar-refractivity contribution in [1.82, 2.24) is 14.8 Å². The van der Waals surface area contributed by atoms with E-state index < -0.39 is 36.9 Å². The lowest BCUT2D eigenvalue weighted by molar-refractivity contribution is -0.384. The van der Waals surface area contributed by atoms with Crippen LogP contribution in [0.4, 0.5) is 17.2 Å². The van der Waals surface area contributed by atoms with Gasteiger partial charge in [-0.05, 0) is 105 Å². The van der Waals surface area contributed by atoms with Gasteiger partial charge in [0.25, 0.3) is 0 Å². The van der Waals surface area contributed by atoms with Crippen LogP contribution >= 0.6 is 0 Å². The Labute approximate surface area is 341 Å². The van der Waals surface area contributed by atoms with E-state index >= 15 is 0 Å². The normalized spacial score (nSPS) is 24.5. The molecule has 14 nitrogen and oxygen atoms in total. The van der Waals surface area contributed by atoms with Gasteiger partial charge >= 0.3 is 5.69 Å². The zero-order valence-corrected chi connectivity index (χ0v) is 34.8. The van der Waals surface area contributed by atoms with Crippen LogP contribution in [-0.4, -0.2) is 108 Å². The van der Waals surface area contributed by atoms with Crippen LogP contribution in [0.25, 0.3) is 0 Å². The minimum atomic E-state index is -4.45. The van der Waals surface area contributed by atoms with Crippen LogP contribution in [-0.2, 0) is 9.84 Å². The Kier molecular flexibility index (Phi) is 12.2. The summed E-state index contributed by atoms with van der Waals surface area (Å²) in [4.78, 5) is 34.8. The van der Waals surface area contributed by atoms with Gasteiger partial charge in [0.15, 0.2) is 0 Å². The number of pyridine rings is 1. The van der Waals surface area contributed by atoms with E-state index in [9.17, 15) is 33.5 Å². The maximum atomic E-state index is 14.2. The number of β-amino-alcohol motifs (C(OH)–C–C–N with tert-alkyl or cyclic N) is 1. The van der Waals surface area contributed by atoms with E-state index in [4.69, 9.17) is 5.73 Å². The molecule has 15 heteroatoms. The average Bonchev–Trinajstić information content (AvgIpc) is 3.19. The first-order valence-electron chi connectivity index (χ1n) is 20.8. The predicted molar refractivity (Wildman–Crippen MR) is 223 cm³/mol. The van der Waals surface area contributed by atoms with E-state index in [0.29, 0.717) is 43.6 Å². The number of sulfone groups is 1. The zero-order chi connectivity index (χ0) is 41.4. The summed E-state index contributed by atoms with van der Waals surface area (Å²) in [7, 11) is -4.45. The lowest BCUT2D eigenvalue weighted by Gasteiger charge is -2.58. The van der Waals surface area contributed by atoms with Crippen molar-refractivity contribution >= 4 is 32.9 Å². The van der Waals surface area contributed by atoms with Gasteiger partial charge in [-0.25, -0.2) is 13.4 Å². The van der Waals surface area contributed by atoms with E-state index in [1.807, 2.05) is 0 Å². The third kappa shape index (κ3) is 8.74. The molecule has 1 atom stereocenters. The molecule has 58 heavy (non-hydrogen) atoms. The highest BCUT2D eigenvalue weighted by Crippen LogP contribution is 2.53. The minimum absolute atomic E-state index is 0.0366. The molecule has 2 aliphatic carbocycles. The number of carbonyl (C=O) groups excluding carboxylic acids is 1. The lowest BCUT2D eigenvalue weighted by Crippen LogP contribution is -2.60. The van der Waals surface area contributed by atoms with Crippen LogP contribution in [0.3, 0.4) is 0 Å². The Balaban J connectivity index is 1.04. The number of nitro groups is 1. The molecule has 0 radical (unpaired) electrons. The van der Waals surface area contributed by atoms with Gasteiger partial charge in [-0.2, -0.15) is 0 Å². The monoisotopic (exact) mass is 817 g/mol. The molecule has 314 valence electrons. The molecule has 2 aromatic carbocycles. The molecule has 7 rings (SSSR count). The maximum Gasteiger partial charge on any atom is 0.312 e. The third-order valence-electron chi connectivity index (χ3n) is 13.5. The highest BCUT2D eigenvalue weighted by atomic mass is 32.2. The summed E-state index contributed by atoms with van der Waals surface area (Å²) in [6.45, 7) is 11.7. The van der Waals surface area contributed by atoms with Gasteiger partial charge in [0.05, 0.1) is 32.5 Å². The number of anilines is 2. The summed E-state index contributed by atoms with van der Waals surface area (Å²) in [5, 5.41) is 35.2. The molecular weight excluding hydrogens is 759 g/mol. The number of carbonyl (C=O) groups is 1. The number of benzene rings is 2. The van der Waals surface area contributed by atoms with Crippen molar-refractivity contribution in [2.75, 3.05) is 62.6 Å². The number of hydrogen-bond acceptors (Lipinski definition) is 12. The molecule has 3 heterocycles. The topological polar surface area (TPSA) is 195 Å². The number of hydrogen-bond donors (Lipinski definition) is 4. The van der Waals surface area contributed by atoms with E-state index in [1.165, 1.54) is 23.3 Å². The number of rotatable bonds is 13. The van der Waals surface area contributed by atoms with Crippen molar-refractivity contribution in [3.63, 3.8) is 0 Å². The summed E-state index contributed by atoms with van der Waals surface area (Å²) in [5.74, 6) is -0.357. The Morgan fingerprint density at radius 2 is 1.76 bits per heavy atom. The predicted octanol–water partition coefficient (Wildman–Crippen LogP) is 5.50. The largest absolute Gasteiger partial charge is 0.395 e. The number of piperazine rings is 1. The molecular formula is C43H59N7O7S. The van der Waals surface area contributed by atoms with Crippen molar-refractivity contribution in [3.05, 3.63) is 81.5 Å². The fourth-order valence-electron chi connectivity index (χ4n) is 9.94. The van der Waals surface area contributed by atoms with Crippen molar-refractivity contribution in [2.24, 2.45) is 17.1 Å². The van der Waals surface area contributed by atoms with E-state index in [2.05, 4.69) is 63.1 Å². The van der Waals surface area contributed by atoms with Crippen molar-refractivity contribution in [2.45, 2.75) is 106 Å². The molecule has 2 aliphatic heterocycles. The van der Waals surface area contributed by atoms with Crippen LogP contribution in [0.5, 0.6) is 0 Å². The molecule has 4 aliphatic rings. The first-order chi connectivity index (χ1) is 27.6. The summed E-state index contributed by atoms with van der Waals surface area (Å²) in [6, 6.07) is 15.1. The smallest absolute Gasteiger partial charge is 0.312 e. The second-order valence-corrected chi connectivity index (χ2v) is 19.7. The first kappa shape index (κ1) is 42.0. The Bertz CT molecular complexity index is 2090. The molecule has 2 saturated heterocycles. The quantitative estimate of drug-likeness (QED) is 0.125. The fourth-order valence-corrected chi connectivity index (χ4v) is 11.4. The Morgan fingerprint density at radius 1 is 1.05 bits per heavy atom. The SMILES string of the molecule is CC(C)c1ccccc1[C@@H]1CN(CCO)CCN1C1CC2(CCN(c3ccc(C(N)=O)c(S(=O)(=O)c4cnc(NCC5CCC(C)(O)CC5)c([N+](=O)[O-])c4)c3)CC2)C1. The molecule has 2 saturated carbocycles. The number of primary amides is 1. The summed E-state index contributed by atoms with van der Waals surface area (Å²) >= 11 is 0. The summed E-state index contributed by atoms with van der Waals surface area (Å²) < 4.78 is 28.4. The van der Waals surface area contributed by atoms with Gasteiger partial charge in [-0.1, -0.05) is 38.1 Å². The number of nitrogens with two attached hydrogens (primary N) is 1.